The van der Waals surface area contributed by atoms with Crippen molar-refractivity contribution in [3.8, 4) is 11.8 Å². The lowest BCUT2D eigenvalue weighted by molar-refractivity contribution is -0.113. The van der Waals surface area contributed by atoms with Gasteiger partial charge in [-0.25, -0.2) is 0 Å². The summed E-state index contributed by atoms with van der Waals surface area (Å²) in [6, 6.07) is 0. The van der Waals surface area contributed by atoms with Crippen LogP contribution in [0.25, 0.3) is 0 Å². The zero-order chi connectivity index (χ0) is 13.1. The molecule has 0 atom stereocenters. The molecule has 3 heteroatoms. The first-order chi connectivity index (χ1) is 8.83. The molecule has 0 aromatic heterocycles. The lowest BCUT2D eigenvalue weighted by Crippen LogP contribution is -2.31. The van der Waals surface area contributed by atoms with E-state index < -0.39 is 0 Å². The molecule has 0 radical (unpaired) electrons. The number of carbonyl (C=O) groups excluding carboxylic acids is 1. The highest BCUT2D eigenvalue weighted by molar-refractivity contribution is 5.95. The van der Waals surface area contributed by atoms with Crippen LogP contribution in [0.3, 0.4) is 0 Å². The van der Waals surface area contributed by atoms with Gasteiger partial charge in [0.15, 0.2) is 0 Å². The summed E-state index contributed by atoms with van der Waals surface area (Å²) in [6.45, 7) is 7.29. The topological polar surface area (TPSA) is 32.3 Å². The summed E-state index contributed by atoms with van der Waals surface area (Å²) < 4.78 is 0. The molecule has 0 amide bonds. The molecule has 0 unspecified atom stereocenters. The van der Waals surface area contributed by atoms with Crippen LogP contribution >= 0.6 is 0 Å². The molecule has 3 nitrogen and oxygen atoms in total. The van der Waals surface area contributed by atoms with Crippen molar-refractivity contribution in [3.05, 3.63) is 0 Å². The Morgan fingerprint density at radius 2 is 1.94 bits per heavy atom. The molecule has 1 rings (SSSR count). The van der Waals surface area contributed by atoms with E-state index in [2.05, 4.69) is 22.1 Å². The number of hydrogen-bond donors (Lipinski definition) is 1. The SMILES string of the molecule is CC#CC(=O)CCNCCCCN1CCCCC1. The normalized spacial score (nSPS) is 16.1. The highest BCUT2D eigenvalue weighted by atomic mass is 16.1. The molecule has 1 fully saturated rings. The predicted molar refractivity (Wildman–Crippen MR) is 75.5 cm³/mol. The number of unbranched alkanes of at least 4 members (excludes halogenated alkanes) is 1. The summed E-state index contributed by atoms with van der Waals surface area (Å²) in [5, 5.41) is 3.31. The zero-order valence-corrected chi connectivity index (χ0v) is 11.6. The molecule has 0 aromatic carbocycles. The summed E-state index contributed by atoms with van der Waals surface area (Å²) >= 11 is 0. The predicted octanol–water partition coefficient (Wildman–Crippen LogP) is 1.82. The molecule has 1 heterocycles. The minimum absolute atomic E-state index is 0.0401. The van der Waals surface area contributed by atoms with Crippen LogP contribution in [-0.2, 0) is 4.79 Å². The standard InChI is InChI=1S/C15H26N2O/c1-2-8-15(18)9-11-16-10-4-7-14-17-12-5-3-6-13-17/h16H,3-7,9-14H2,1H3. The quantitative estimate of drug-likeness (QED) is 0.405. The average molecular weight is 250 g/mol. The molecule has 0 bridgehead atoms. The zero-order valence-electron chi connectivity index (χ0n) is 11.6. The number of carbonyl (C=O) groups is 1. The van der Waals surface area contributed by atoms with Gasteiger partial charge in [0.05, 0.1) is 0 Å². The Hall–Kier alpha value is -0.850. The highest BCUT2D eigenvalue weighted by Crippen LogP contribution is 2.08. The molecule has 0 aromatic rings. The van der Waals surface area contributed by atoms with Gasteiger partial charge >= 0.3 is 0 Å². The van der Waals surface area contributed by atoms with Crippen molar-refractivity contribution in [2.75, 3.05) is 32.7 Å². The largest absolute Gasteiger partial charge is 0.316 e. The fourth-order valence-corrected chi connectivity index (χ4v) is 2.30. The maximum Gasteiger partial charge on any atom is 0.206 e. The minimum atomic E-state index is 0.0401. The van der Waals surface area contributed by atoms with Crippen LogP contribution in [0.15, 0.2) is 0 Å². The molecule has 1 saturated heterocycles. The van der Waals surface area contributed by atoms with Gasteiger partial charge in [-0.15, -0.1) is 0 Å². The first-order valence-electron chi connectivity index (χ1n) is 7.21. The van der Waals surface area contributed by atoms with Crippen molar-refractivity contribution in [2.24, 2.45) is 0 Å². The van der Waals surface area contributed by atoms with Crippen LogP contribution in [0.4, 0.5) is 0 Å². The maximum atomic E-state index is 11.1. The van der Waals surface area contributed by atoms with E-state index in [1.165, 1.54) is 51.7 Å². The molecule has 0 aliphatic carbocycles. The van der Waals surface area contributed by atoms with Gasteiger partial charge in [-0.1, -0.05) is 12.3 Å². The van der Waals surface area contributed by atoms with Crippen LogP contribution < -0.4 is 5.32 Å². The molecule has 0 saturated carbocycles. The van der Waals surface area contributed by atoms with Crippen molar-refractivity contribution < 1.29 is 4.79 Å². The molecule has 18 heavy (non-hydrogen) atoms. The van der Waals surface area contributed by atoms with Crippen molar-refractivity contribution in [2.45, 2.75) is 45.4 Å². The number of ketones is 1. The van der Waals surface area contributed by atoms with E-state index in [9.17, 15) is 4.79 Å². The van der Waals surface area contributed by atoms with E-state index in [1.54, 1.807) is 6.92 Å². The molecule has 1 aliphatic heterocycles. The second kappa shape index (κ2) is 10.1. The Morgan fingerprint density at radius 3 is 2.67 bits per heavy atom. The van der Waals surface area contributed by atoms with Crippen molar-refractivity contribution >= 4 is 5.78 Å². The Bertz CT molecular complexity index is 285. The van der Waals surface area contributed by atoms with Crippen LogP contribution in [0.5, 0.6) is 0 Å². The highest BCUT2D eigenvalue weighted by Gasteiger charge is 2.08. The smallest absolute Gasteiger partial charge is 0.206 e. The van der Waals surface area contributed by atoms with E-state index in [-0.39, 0.29) is 5.78 Å². The van der Waals surface area contributed by atoms with Gasteiger partial charge < -0.3 is 10.2 Å². The monoisotopic (exact) mass is 250 g/mol. The molecular formula is C15H26N2O. The lowest BCUT2D eigenvalue weighted by Gasteiger charge is -2.26. The van der Waals surface area contributed by atoms with E-state index in [1.807, 2.05) is 0 Å². The summed E-state index contributed by atoms with van der Waals surface area (Å²) in [6.07, 6.45) is 7.15. The van der Waals surface area contributed by atoms with Crippen LogP contribution in [0.2, 0.25) is 0 Å². The second-order valence-corrected chi connectivity index (χ2v) is 4.91. The van der Waals surface area contributed by atoms with Crippen LogP contribution in [0, 0.1) is 11.8 Å². The molecular weight excluding hydrogens is 224 g/mol. The Kier molecular flexibility index (Phi) is 8.54. The molecule has 1 N–H and O–H groups in total. The molecule has 0 spiro atoms. The third-order valence-corrected chi connectivity index (χ3v) is 3.32. The van der Waals surface area contributed by atoms with Gasteiger partial charge in [0, 0.05) is 13.0 Å². The van der Waals surface area contributed by atoms with Gasteiger partial charge in [-0.05, 0) is 64.7 Å². The van der Waals surface area contributed by atoms with Gasteiger partial charge in [0.1, 0.15) is 0 Å². The van der Waals surface area contributed by atoms with Crippen LogP contribution in [-0.4, -0.2) is 43.4 Å². The number of likely N-dealkylation sites (tertiary alicyclic amines) is 1. The van der Waals surface area contributed by atoms with Crippen LogP contribution in [0.1, 0.15) is 45.4 Å². The number of nitrogens with zero attached hydrogens (tertiary/aromatic N) is 1. The number of hydrogen-bond acceptors (Lipinski definition) is 3. The summed E-state index contributed by atoms with van der Waals surface area (Å²) in [5.41, 5.74) is 0. The van der Waals surface area contributed by atoms with Crippen molar-refractivity contribution in [1.29, 1.82) is 0 Å². The summed E-state index contributed by atoms with van der Waals surface area (Å²) in [5.74, 6) is 5.23. The van der Waals surface area contributed by atoms with Gasteiger partial charge in [-0.2, -0.15) is 0 Å². The summed E-state index contributed by atoms with van der Waals surface area (Å²) in [4.78, 5) is 13.7. The van der Waals surface area contributed by atoms with E-state index in [0.717, 1.165) is 13.1 Å². The molecule has 102 valence electrons. The number of piperidine rings is 1. The fourth-order valence-electron chi connectivity index (χ4n) is 2.30. The van der Waals surface area contributed by atoms with E-state index in [4.69, 9.17) is 0 Å². The fraction of sp³-hybridized carbons (Fsp3) is 0.800. The third-order valence-electron chi connectivity index (χ3n) is 3.32. The van der Waals surface area contributed by atoms with Crippen molar-refractivity contribution in [1.82, 2.24) is 10.2 Å². The summed E-state index contributed by atoms with van der Waals surface area (Å²) in [7, 11) is 0. The number of nitrogens with one attached hydrogen (secondary N) is 1. The minimum Gasteiger partial charge on any atom is -0.316 e. The third kappa shape index (κ3) is 7.47. The van der Waals surface area contributed by atoms with Gasteiger partial charge in [0.2, 0.25) is 5.78 Å². The second-order valence-electron chi connectivity index (χ2n) is 4.91. The average Bonchev–Trinajstić information content (AvgIpc) is 2.39. The number of rotatable bonds is 8. The van der Waals surface area contributed by atoms with Gasteiger partial charge in [-0.3, -0.25) is 4.79 Å². The van der Waals surface area contributed by atoms with E-state index >= 15 is 0 Å². The maximum absolute atomic E-state index is 11.1. The first kappa shape index (κ1) is 15.2. The first-order valence-corrected chi connectivity index (χ1v) is 7.21. The molecule has 1 aliphatic rings. The van der Waals surface area contributed by atoms with Gasteiger partial charge in [0.25, 0.3) is 0 Å². The van der Waals surface area contributed by atoms with Crippen molar-refractivity contribution in [3.63, 3.8) is 0 Å². The lowest BCUT2D eigenvalue weighted by atomic mass is 10.1. The Balaban J connectivity index is 1.86. The number of Topliss-reactive ketones (excluding diaryl/α,β-unsaturated/α-hetero) is 1. The van der Waals surface area contributed by atoms with E-state index in [0.29, 0.717) is 6.42 Å². The Labute approximate surface area is 111 Å². The Morgan fingerprint density at radius 1 is 1.17 bits per heavy atom.